The van der Waals surface area contributed by atoms with Gasteiger partial charge >= 0.3 is 0 Å². The third kappa shape index (κ3) is 4.33. The van der Waals surface area contributed by atoms with Crippen molar-refractivity contribution < 1.29 is 9.84 Å². The maximum atomic E-state index is 9.82. The Morgan fingerprint density at radius 3 is 2.59 bits per heavy atom. The molecule has 0 aromatic carbocycles. The molecule has 0 amide bonds. The van der Waals surface area contributed by atoms with Gasteiger partial charge in [-0.25, -0.2) is 0 Å². The number of aliphatic hydroxyl groups excluding tert-OH is 1. The van der Waals surface area contributed by atoms with Crippen LogP contribution in [0.2, 0.25) is 0 Å². The molecule has 3 atom stereocenters. The SMILES string of the molecule is C/C1=C\C/C=C(\C)[C@H]2CC(CC/C(C)=C/CC1)[C@@](C)(CO)O2. The molecule has 124 valence electrons. The van der Waals surface area contributed by atoms with Gasteiger partial charge in [0.2, 0.25) is 0 Å². The monoisotopic (exact) mass is 304 g/mol. The number of allylic oxidation sites excluding steroid dienone is 5. The fourth-order valence-electron chi connectivity index (χ4n) is 3.58. The summed E-state index contributed by atoms with van der Waals surface area (Å²) in [6.07, 6.45) is 13.7. The van der Waals surface area contributed by atoms with E-state index in [9.17, 15) is 5.11 Å². The van der Waals surface area contributed by atoms with Gasteiger partial charge in [-0.05, 0) is 77.7 Å². The normalized spacial score (nSPS) is 41.6. The second-order valence-corrected chi connectivity index (χ2v) is 7.37. The molecule has 2 heteroatoms. The van der Waals surface area contributed by atoms with Crippen molar-refractivity contribution in [3.05, 3.63) is 34.9 Å². The molecule has 2 bridgehead atoms. The van der Waals surface area contributed by atoms with E-state index in [0.717, 1.165) is 38.5 Å². The summed E-state index contributed by atoms with van der Waals surface area (Å²) >= 11 is 0. The van der Waals surface area contributed by atoms with Crippen LogP contribution < -0.4 is 0 Å². The average Bonchev–Trinajstić information content (AvgIpc) is 2.82. The van der Waals surface area contributed by atoms with E-state index in [4.69, 9.17) is 4.74 Å². The molecule has 0 radical (unpaired) electrons. The van der Waals surface area contributed by atoms with Gasteiger partial charge in [-0.1, -0.05) is 29.4 Å². The summed E-state index contributed by atoms with van der Waals surface area (Å²) in [5.41, 5.74) is 3.87. The molecule has 2 aliphatic rings. The summed E-state index contributed by atoms with van der Waals surface area (Å²) < 4.78 is 6.25. The highest BCUT2D eigenvalue weighted by Gasteiger charge is 2.44. The molecule has 2 nitrogen and oxygen atoms in total. The highest BCUT2D eigenvalue weighted by molar-refractivity contribution is 5.14. The first-order chi connectivity index (χ1) is 10.4. The van der Waals surface area contributed by atoms with Crippen molar-refractivity contribution in [1.82, 2.24) is 0 Å². The maximum absolute atomic E-state index is 9.82. The Bertz CT molecular complexity index is 472. The van der Waals surface area contributed by atoms with Gasteiger partial charge in [-0.15, -0.1) is 0 Å². The van der Waals surface area contributed by atoms with Crippen LogP contribution in [0.4, 0.5) is 0 Å². The summed E-state index contributed by atoms with van der Waals surface area (Å²) in [6, 6.07) is 0. The fourth-order valence-corrected chi connectivity index (χ4v) is 3.58. The molecule has 22 heavy (non-hydrogen) atoms. The molecule has 1 saturated heterocycles. The molecule has 1 fully saturated rings. The molecule has 1 N–H and O–H groups in total. The van der Waals surface area contributed by atoms with Crippen LogP contribution in [0.25, 0.3) is 0 Å². The minimum atomic E-state index is -0.383. The number of hydrogen-bond donors (Lipinski definition) is 1. The van der Waals surface area contributed by atoms with E-state index >= 15 is 0 Å². The standard InChI is InChI=1S/C20H32O2/c1-15-7-5-8-16(2)11-12-18-13-19(17(3)10-6-9-15)22-20(18,4)14-21/h8-10,18-19,21H,5-7,11-14H2,1-4H3/b15-9+,16-8+,17-10+/t18?,19-,20-/m1/s1. The van der Waals surface area contributed by atoms with Crippen molar-refractivity contribution in [3.63, 3.8) is 0 Å². The molecule has 0 saturated carbocycles. The summed E-state index contributed by atoms with van der Waals surface area (Å²) in [5.74, 6) is 0.439. The zero-order valence-corrected chi connectivity index (χ0v) is 14.7. The van der Waals surface area contributed by atoms with Crippen molar-refractivity contribution in [2.75, 3.05) is 6.61 Å². The first-order valence-corrected chi connectivity index (χ1v) is 8.71. The molecular weight excluding hydrogens is 272 g/mol. The van der Waals surface area contributed by atoms with E-state index in [0.29, 0.717) is 5.92 Å². The molecule has 1 unspecified atom stereocenters. The number of hydrogen-bond acceptors (Lipinski definition) is 2. The molecule has 0 aromatic heterocycles. The lowest BCUT2D eigenvalue weighted by atomic mass is 9.83. The number of fused-ring (bicyclic) bond motifs is 2. The Morgan fingerprint density at radius 2 is 1.86 bits per heavy atom. The first kappa shape index (κ1) is 17.5. The third-order valence-corrected chi connectivity index (χ3v) is 5.42. The van der Waals surface area contributed by atoms with Crippen LogP contribution >= 0.6 is 0 Å². The predicted molar refractivity (Wildman–Crippen MR) is 92.8 cm³/mol. The minimum Gasteiger partial charge on any atom is -0.393 e. The van der Waals surface area contributed by atoms with Crippen LogP contribution in [0.5, 0.6) is 0 Å². The Morgan fingerprint density at radius 1 is 1.14 bits per heavy atom. The Hall–Kier alpha value is -0.860. The number of rotatable bonds is 1. The number of aliphatic hydroxyl groups is 1. The van der Waals surface area contributed by atoms with E-state index in [2.05, 4.69) is 45.9 Å². The van der Waals surface area contributed by atoms with Gasteiger partial charge in [0.15, 0.2) is 0 Å². The second kappa shape index (κ2) is 7.61. The molecule has 0 aromatic rings. The summed E-state index contributed by atoms with van der Waals surface area (Å²) in [4.78, 5) is 0. The maximum Gasteiger partial charge on any atom is 0.0921 e. The van der Waals surface area contributed by atoms with E-state index in [1.165, 1.54) is 16.7 Å². The van der Waals surface area contributed by atoms with Crippen LogP contribution in [-0.2, 0) is 4.74 Å². The van der Waals surface area contributed by atoms with Crippen molar-refractivity contribution in [3.8, 4) is 0 Å². The lowest BCUT2D eigenvalue weighted by molar-refractivity contribution is -0.0691. The van der Waals surface area contributed by atoms with Crippen LogP contribution in [0, 0.1) is 5.92 Å². The smallest absolute Gasteiger partial charge is 0.0921 e. The third-order valence-electron chi connectivity index (χ3n) is 5.42. The van der Waals surface area contributed by atoms with Crippen molar-refractivity contribution in [2.45, 2.75) is 77.9 Å². The lowest BCUT2D eigenvalue weighted by Gasteiger charge is -2.28. The molecule has 1 aliphatic carbocycles. The number of ether oxygens (including phenoxy) is 1. The van der Waals surface area contributed by atoms with Gasteiger partial charge in [0.25, 0.3) is 0 Å². The zero-order chi connectivity index (χ0) is 16.2. The highest BCUT2D eigenvalue weighted by atomic mass is 16.5. The van der Waals surface area contributed by atoms with Gasteiger partial charge in [-0.2, -0.15) is 0 Å². The van der Waals surface area contributed by atoms with Crippen LogP contribution in [0.3, 0.4) is 0 Å². The minimum absolute atomic E-state index is 0.114. The van der Waals surface area contributed by atoms with Crippen LogP contribution in [0.15, 0.2) is 34.9 Å². The van der Waals surface area contributed by atoms with Crippen molar-refractivity contribution in [1.29, 1.82) is 0 Å². The van der Waals surface area contributed by atoms with Gasteiger partial charge < -0.3 is 9.84 Å². The second-order valence-electron chi connectivity index (χ2n) is 7.37. The van der Waals surface area contributed by atoms with Gasteiger partial charge in [-0.3, -0.25) is 0 Å². The van der Waals surface area contributed by atoms with Crippen LogP contribution in [0.1, 0.15) is 66.2 Å². The molecule has 1 heterocycles. The Balaban J connectivity index is 2.21. The molecule has 2 rings (SSSR count). The van der Waals surface area contributed by atoms with Crippen LogP contribution in [-0.4, -0.2) is 23.4 Å². The van der Waals surface area contributed by atoms with E-state index in [-0.39, 0.29) is 18.3 Å². The average molecular weight is 304 g/mol. The van der Waals surface area contributed by atoms with Gasteiger partial charge in [0, 0.05) is 0 Å². The largest absolute Gasteiger partial charge is 0.393 e. The zero-order valence-electron chi connectivity index (χ0n) is 14.7. The molecular formula is C20H32O2. The molecule has 1 aliphatic heterocycles. The first-order valence-electron chi connectivity index (χ1n) is 8.71. The quantitative estimate of drug-likeness (QED) is 0.695. The fraction of sp³-hybridized carbons (Fsp3) is 0.700. The Kier molecular flexibility index (Phi) is 6.05. The van der Waals surface area contributed by atoms with E-state index < -0.39 is 0 Å². The Labute approximate surface area is 136 Å². The van der Waals surface area contributed by atoms with Crippen molar-refractivity contribution in [2.24, 2.45) is 5.92 Å². The van der Waals surface area contributed by atoms with E-state index in [1.807, 2.05) is 0 Å². The van der Waals surface area contributed by atoms with Gasteiger partial charge in [0.05, 0.1) is 18.3 Å². The predicted octanol–water partition coefficient (Wildman–Crippen LogP) is 4.95. The summed E-state index contributed by atoms with van der Waals surface area (Å²) in [5, 5.41) is 9.82. The summed E-state index contributed by atoms with van der Waals surface area (Å²) in [7, 11) is 0. The highest BCUT2D eigenvalue weighted by Crippen LogP contribution is 2.41. The molecule has 0 spiro atoms. The van der Waals surface area contributed by atoms with E-state index in [1.54, 1.807) is 0 Å². The van der Waals surface area contributed by atoms with Gasteiger partial charge in [0.1, 0.15) is 0 Å². The lowest BCUT2D eigenvalue weighted by Crippen LogP contribution is -2.36. The van der Waals surface area contributed by atoms with Crippen molar-refractivity contribution >= 4 is 0 Å². The summed E-state index contributed by atoms with van der Waals surface area (Å²) in [6.45, 7) is 8.82. The topological polar surface area (TPSA) is 29.5 Å².